The van der Waals surface area contributed by atoms with Gasteiger partial charge in [-0.1, -0.05) is 0 Å². The van der Waals surface area contributed by atoms with Crippen LogP contribution < -0.4 is 0 Å². The lowest BCUT2D eigenvalue weighted by Crippen LogP contribution is -2.14. The molecule has 1 unspecified atom stereocenters. The molecule has 1 atom stereocenters. The quantitative estimate of drug-likeness (QED) is 0.820. The maximum atomic E-state index is 13.5. The minimum atomic E-state index is -0.858. The largest absolute Gasteiger partial charge is 0.394 e. The molecular weight excluding hydrogens is 302 g/mol. The Kier molecular flexibility index (Phi) is 5.68. The van der Waals surface area contributed by atoms with Crippen LogP contribution in [0.4, 0.5) is 8.78 Å². The van der Waals surface area contributed by atoms with Crippen molar-refractivity contribution in [1.82, 2.24) is 0 Å². The zero-order valence-electron chi connectivity index (χ0n) is 8.29. The summed E-state index contributed by atoms with van der Waals surface area (Å²) in [5.74, 6) is -0.867. The van der Waals surface area contributed by atoms with Crippen LogP contribution in [0.5, 0.6) is 0 Å². The second-order valence-corrected chi connectivity index (χ2v) is 5.06. The van der Waals surface area contributed by atoms with Gasteiger partial charge in [0.25, 0.3) is 0 Å². The van der Waals surface area contributed by atoms with Crippen LogP contribution in [0.25, 0.3) is 0 Å². The van der Waals surface area contributed by atoms with E-state index in [0.717, 1.165) is 0 Å². The molecule has 0 saturated heterocycles. The summed E-state index contributed by atoms with van der Waals surface area (Å²) in [4.78, 5) is 0. The maximum Gasteiger partial charge on any atom is 0.144 e. The van der Waals surface area contributed by atoms with Crippen molar-refractivity contribution in [2.45, 2.75) is 11.9 Å². The highest BCUT2D eigenvalue weighted by Gasteiger charge is 2.12. The van der Waals surface area contributed by atoms with Crippen molar-refractivity contribution in [1.29, 1.82) is 0 Å². The molecule has 0 bridgehead atoms. The van der Waals surface area contributed by atoms with E-state index in [1.165, 1.54) is 23.9 Å². The monoisotopic (exact) mass is 312 g/mol. The first kappa shape index (κ1) is 13.9. The van der Waals surface area contributed by atoms with Crippen molar-refractivity contribution in [3.8, 4) is 0 Å². The van der Waals surface area contributed by atoms with Crippen LogP contribution in [0.2, 0.25) is 0 Å². The first-order valence-electron chi connectivity index (χ1n) is 4.55. The van der Waals surface area contributed by atoms with Gasteiger partial charge in [-0.25, -0.2) is 8.78 Å². The summed E-state index contributed by atoms with van der Waals surface area (Å²) in [5, 5.41) is 17.6. The van der Waals surface area contributed by atoms with Crippen molar-refractivity contribution in [2.75, 3.05) is 12.4 Å². The first-order chi connectivity index (χ1) is 7.56. The first-order valence-corrected chi connectivity index (χ1v) is 6.50. The second-order valence-electron chi connectivity index (χ2n) is 3.17. The Balaban J connectivity index is 2.63. The molecule has 0 radical (unpaired) electrons. The van der Waals surface area contributed by atoms with Gasteiger partial charge in [0.05, 0.1) is 17.2 Å². The van der Waals surface area contributed by atoms with Crippen LogP contribution >= 0.6 is 27.7 Å². The third-order valence-electron chi connectivity index (χ3n) is 1.91. The molecule has 0 saturated carbocycles. The third-order valence-corrected chi connectivity index (χ3v) is 3.63. The van der Waals surface area contributed by atoms with E-state index in [0.29, 0.717) is 0 Å². The van der Waals surface area contributed by atoms with Crippen LogP contribution in [0.15, 0.2) is 16.6 Å². The summed E-state index contributed by atoms with van der Waals surface area (Å²) in [6.07, 6.45) is -0.858. The van der Waals surface area contributed by atoms with Gasteiger partial charge in [0.2, 0.25) is 0 Å². The molecule has 0 aliphatic rings. The average molecular weight is 313 g/mol. The molecule has 16 heavy (non-hydrogen) atoms. The van der Waals surface area contributed by atoms with Gasteiger partial charge in [-0.05, 0) is 28.1 Å². The van der Waals surface area contributed by atoms with Gasteiger partial charge in [0, 0.05) is 17.1 Å². The molecule has 2 nitrogen and oxygen atoms in total. The molecule has 1 aromatic rings. The molecule has 2 N–H and O–H groups in total. The van der Waals surface area contributed by atoms with Gasteiger partial charge < -0.3 is 10.2 Å². The average Bonchev–Trinajstić information content (AvgIpc) is 2.28. The van der Waals surface area contributed by atoms with Gasteiger partial charge >= 0.3 is 0 Å². The minimum absolute atomic E-state index is 0.0236. The Morgan fingerprint density at radius 1 is 1.38 bits per heavy atom. The van der Waals surface area contributed by atoms with Crippen molar-refractivity contribution in [2.24, 2.45) is 0 Å². The number of thioether (sulfide) groups is 1. The fraction of sp³-hybridized carbons (Fsp3) is 0.400. The summed E-state index contributed by atoms with van der Waals surface area (Å²) in [5.41, 5.74) is -0.0236. The molecule has 90 valence electrons. The Bertz CT molecular complexity index is 363. The topological polar surface area (TPSA) is 40.5 Å². The zero-order valence-corrected chi connectivity index (χ0v) is 10.7. The normalized spacial score (nSPS) is 12.8. The van der Waals surface area contributed by atoms with E-state index in [2.05, 4.69) is 15.9 Å². The van der Waals surface area contributed by atoms with E-state index >= 15 is 0 Å². The molecule has 1 rings (SSSR count). The van der Waals surface area contributed by atoms with E-state index < -0.39 is 17.7 Å². The number of hydrogen-bond donors (Lipinski definition) is 2. The lowest BCUT2D eigenvalue weighted by Gasteiger charge is -2.08. The second kappa shape index (κ2) is 6.54. The SMILES string of the molecule is OCC(O)CSCc1c(F)ccc(Br)c1F. The lowest BCUT2D eigenvalue weighted by atomic mass is 10.2. The zero-order chi connectivity index (χ0) is 12.1. The van der Waals surface area contributed by atoms with Gasteiger partial charge in [-0.3, -0.25) is 0 Å². The summed E-state index contributed by atoms with van der Waals surface area (Å²) in [7, 11) is 0. The van der Waals surface area contributed by atoms with Crippen molar-refractivity contribution in [3.05, 3.63) is 33.8 Å². The number of hydrogen-bond acceptors (Lipinski definition) is 3. The van der Waals surface area contributed by atoms with Crippen molar-refractivity contribution < 1.29 is 19.0 Å². The Labute approximate surface area is 105 Å². The fourth-order valence-corrected chi connectivity index (χ4v) is 2.39. The van der Waals surface area contributed by atoms with Gasteiger partial charge in [-0.2, -0.15) is 11.8 Å². The molecule has 0 aliphatic heterocycles. The van der Waals surface area contributed by atoms with Crippen molar-refractivity contribution in [3.63, 3.8) is 0 Å². The van der Waals surface area contributed by atoms with E-state index in [-0.39, 0.29) is 28.1 Å². The summed E-state index contributed by atoms with van der Waals surface area (Å²) in [6, 6.07) is 2.49. The highest BCUT2D eigenvalue weighted by atomic mass is 79.9. The third kappa shape index (κ3) is 3.69. The smallest absolute Gasteiger partial charge is 0.144 e. The highest BCUT2D eigenvalue weighted by Crippen LogP contribution is 2.25. The number of aliphatic hydroxyl groups is 2. The van der Waals surface area contributed by atoms with Crippen LogP contribution in [0, 0.1) is 11.6 Å². The Morgan fingerprint density at radius 2 is 2.06 bits per heavy atom. The highest BCUT2D eigenvalue weighted by molar-refractivity contribution is 9.10. The van der Waals surface area contributed by atoms with Crippen molar-refractivity contribution >= 4 is 27.7 Å². The predicted molar refractivity (Wildman–Crippen MR) is 63.3 cm³/mol. The molecule has 0 aromatic heterocycles. The molecule has 6 heteroatoms. The number of aliphatic hydroxyl groups excluding tert-OH is 2. The molecule has 0 aliphatic carbocycles. The van der Waals surface area contributed by atoms with E-state index in [1.54, 1.807) is 0 Å². The van der Waals surface area contributed by atoms with E-state index in [4.69, 9.17) is 10.2 Å². The Morgan fingerprint density at radius 3 is 2.69 bits per heavy atom. The van der Waals surface area contributed by atoms with Gasteiger partial charge in [-0.15, -0.1) is 0 Å². The Hall–Kier alpha value is -0.170. The van der Waals surface area contributed by atoms with Gasteiger partial charge in [0.1, 0.15) is 11.6 Å². The van der Waals surface area contributed by atoms with Crippen LogP contribution in [-0.2, 0) is 5.75 Å². The van der Waals surface area contributed by atoms with E-state index in [9.17, 15) is 8.78 Å². The molecule has 0 heterocycles. The summed E-state index contributed by atoms with van der Waals surface area (Å²) in [6.45, 7) is -0.351. The maximum absolute atomic E-state index is 13.5. The summed E-state index contributed by atoms with van der Waals surface area (Å²) >= 11 is 4.14. The molecular formula is C10H11BrF2O2S. The van der Waals surface area contributed by atoms with Crippen LogP contribution in [0.1, 0.15) is 5.56 Å². The summed E-state index contributed by atoms with van der Waals surface area (Å²) < 4.78 is 26.9. The minimum Gasteiger partial charge on any atom is -0.394 e. The van der Waals surface area contributed by atoms with Gasteiger partial charge in [0.15, 0.2) is 0 Å². The number of halogens is 3. The van der Waals surface area contributed by atoms with Crippen LogP contribution in [-0.4, -0.2) is 28.7 Å². The molecule has 1 aromatic carbocycles. The molecule has 0 amide bonds. The number of benzene rings is 1. The number of rotatable bonds is 5. The molecule has 0 fully saturated rings. The van der Waals surface area contributed by atoms with Crippen LogP contribution in [0.3, 0.4) is 0 Å². The molecule has 0 spiro atoms. The standard InChI is InChI=1S/C10H11BrF2O2S/c11-8-1-2-9(12)7(10(8)13)5-16-4-6(15)3-14/h1-2,6,14-15H,3-5H2. The fourth-order valence-electron chi connectivity index (χ4n) is 1.05. The predicted octanol–water partition coefficient (Wildman–Crippen LogP) is 2.31. The lowest BCUT2D eigenvalue weighted by molar-refractivity contribution is 0.113. The van der Waals surface area contributed by atoms with E-state index in [1.807, 2.05) is 0 Å².